The first kappa shape index (κ1) is 24.8. The molecule has 1 saturated heterocycles. The van der Waals surface area contributed by atoms with Gasteiger partial charge in [-0.1, -0.05) is 29.3 Å². The lowest BCUT2D eigenvalue weighted by atomic mass is 9.95. The molecule has 1 atom stereocenters. The van der Waals surface area contributed by atoms with E-state index < -0.39 is 6.04 Å². The van der Waals surface area contributed by atoms with Crippen LogP contribution in [0.15, 0.2) is 29.5 Å². The second kappa shape index (κ2) is 10.9. The van der Waals surface area contributed by atoms with E-state index in [1.165, 1.54) is 0 Å². The summed E-state index contributed by atoms with van der Waals surface area (Å²) in [7, 11) is 0. The van der Waals surface area contributed by atoms with Crippen molar-refractivity contribution in [3.05, 3.63) is 45.1 Å². The Balaban J connectivity index is 1.40. The lowest BCUT2D eigenvalue weighted by Crippen LogP contribution is -2.47. The van der Waals surface area contributed by atoms with E-state index in [9.17, 15) is 14.4 Å². The number of rotatable bonds is 8. The summed E-state index contributed by atoms with van der Waals surface area (Å²) < 4.78 is 5.33. The Morgan fingerprint density at radius 1 is 1.21 bits per heavy atom. The highest BCUT2D eigenvalue weighted by Crippen LogP contribution is 2.39. The molecule has 34 heavy (non-hydrogen) atoms. The van der Waals surface area contributed by atoms with Gasteiger partial charge < -0.3 is 20.3 Å². The monoisotopic (exact) mass is 509 g/mol. The number of halogens is 2. The molecule has 3 aliphatic heterocycles. The smallest absolute Gasteiger partial charge is 0.322 e. The SMILES string of the molecule is CCN1C(=O)NC(c2ccc(Cl)cc2Cl)C2=C1CN(CCC(=O)NCCN1CCOCC1)C2=O. The van der Waals surface area contributed by atoms with Crippen molar-refractivity contribution in [3.8, 4) is 0 Å². The zero-order valence-electron chi connectivity index (χ0n) is 19.1. The molecular weight excluding hydrogens is 481 g/mol. The topological polar surface area (TPSA) is 94.2 Å². The van der Waals surface area contributed by atoms with Crippen molar-refractivity contribution in [2.24, 2.45) is 0 Å². The van der Waals surface area contributed by atoms with Crippen LogP contribution in [0.2, 0.25) is 10.0 Å². The molecular formula is C23H29Cl2N5O4. The van der Waals surface area contributed by atoms with E-state index in [0.29, 0.717) is 40.0 Å². The molecule has 1 aromatic carbocycles. The molecule has 1 fully saturated rings. The highest BCUT2D eigenvalue weighted by Gasteiger charge is 2.44. The number of hydrogen-bond acceptors (Lipinski definition) is 5. The summed E-state index contributed by atoms with van der Waals surface area (Å²) in [4.78, 5) is 44.0. The quantitative estimate of drug-likeness (QED) is 0.558. The third-order valence-corrected chi connectivity index (χ3v) is 6.91. The fourth-order valence-corrected chi connectivity index (χ4v) is 5.05. The highest BCUT2D eigenvalue weighted by molar-refractivity contribution is 6.35. The van der Waals surface area contributed by atoms with E-state index in [-0.39, 0.29) is 37.4 Å². The molecule has 0 saturated carbocycles. The molecule has 0 aliphatic carbocycles. The predicted octanol–water partition coefficient (Wildman–Crippen LogP) is 2.01. The Bertz CT molecular complexity index is 996. The number of carbonyl (C=O) groups is 3. The number of ether oxygens (including phenoxy) is 1. The summed E-state index contributed by atoms with van der Waals surface area (Å²) >= 11 is 12.4. The Morgan fingerprint density at radius 2 is 1.97 bits per heavy atom. The van der Waals surface area contributed by atoms with E-state index in [2.05, 4.69) is 15.5 Å². The van der Waals surface area contributed by atoms with Crippen LogP contribution in [-0.4, -0.2) is 91.6 Å². The van der Waals surface area contributed by atoms with Crippen molar-refractivity contribution in [1.29, 1.82) is 0 Å². The molecule has 4 amide bonds. The second-order valence-electron chi connectivity index (χ2n) is 8.43. The maximum Gasteiger partial charge on any atom is 0.322 e. The van der Waals surface area contributed by atoms with Crippen LogP contribution in [0.5, 0.6) is 0 Å². The maximum atomic E-state index is 13.4. The van der Waals surface area contributed by atoms with Crippen LogP contribution in [0, 0.1) is 0 Å². The number of urea groups is 1. The predicted molar refractivity (Wildman–Crippen MR) is 129 cm³/mol. The van der Waals surface area contributed by atoms with Gasteiger partial charge in [0.1, 0.15) is 0 Å². The average Bonchev–Trinajstić information content (AvgIpc) is 3.14. The van der Waals surface area contributed by atoms with Crippen molar-refractivity contribution in [1.82, 2.24) is 25.3 Å². The zero-order valence-corrected chi connectivity index (χ0v) is 20.6. The molecule has 4 rings (SSSR count). The van der Waals surface area contributed by atoms with Gasteiger partial charge in [-0.25, -0.2) is 4.79 Å². The first-order valence-corrected chi connectivity index (χ1v) is 12.3. The highest BCUT2D eigenvalue weighted by atomic mass is 35.5. The Labute approximate surface area is 209 Å². The van der Waals surface area contributed by atoms with Gasteiger partial charge in [0.2, 0.25) is 5.91 Å². The number of likely N-dealkylation sites (N-methyl/N-ethyl adjacent to an activating group) is 1. The van der Waals surface area contributed by atoms with Crippen LogP contribution in [0.4, 0.5) is 4.79 Å². The minimum Gasteiger partial charge on any atom is -0.379 e. The fourth-order valence-electron chi connectivity index (χ4n) is 4.54. The minimum atomic E-state index is -0.671. The molecule has 2 N–H and O–H groups in total. The van der Waals surface area contributed by atoms with Crippen LogP contribution in [0.25, 0.3) is 0 Å². The zero-order chi connectivity index (χ0) is 24.2. The number of hydrogen-bond donors (Lipinski definition) is 2. The lowest BCUT2D eigenvalue weighted by molar-refractivity contribution is -0.127. The molecule has 11 heteroatoms. The van der Waals surface area contributed by atoms with Gasteiger partial charge in [0.15, 0.2) is 0 Å². The molecule has 9 nitrogen and oxygen atoms in total. The van der Waals surface area contributed by atoms with Gasteiger partial charge in [0.05, 0.1) is 37.1 Å². The molecule has 3 heterocycles. The summed E-state index contributed by atoms with van der Waals surface area (Å²) in [5.41, 5.74) is 1.75. The maximum absolute atomic E-state index is 13.4. The van der Waals surface area contributed by atoms with Crippen molar-refractivity contribution < 1.29 is 19.1 Å². The molecule has 0 spiro atoms. The fraction of sp³-hybridized carbons (Fsp3) is 0.522. The van der Waals surface area contributed by atoms with E-state index in [1.54, 1.807) is 28.0 Å². The summed E-state index contributed by atoms with van der Waals surface area (Å²) in [5.74, 6) is -0.310. The van der Waals surface area contributed by atoms with Gasteiger partial charge in [-0.15, -0.1) is 0 Å². The summed E-state index contributed by atoms with van der Waals surface area (Å²) in [6.45, 7) is 7.33. The molecule has 0 aromatic heterocycles. The summed E-state index contributed by atoms with van der Waals surface area (Å²) in [5, 5.41) is 6.67. The van der Waals surface area contributed by atoms with E-state index in [1.807, 2.05) is 6.92 Å². The van der Waals surface area contributed by atoms with Gasteiger partial charge in [0.25, 0.3) is 5.91 Å². The molecule has 184 valence electrons. The van der Waals surface area contributed by atoms with Crippen LogP contribution >= 0.6 is 23.2 Å². The van der Waals surface area contributed by atoms with Crippen molar-refractivity contribution in [3.63, 3.8) is 0 Å². The number of nitrogens with one attached hydrogen (secondary N) is 2. The van der Waals surface area contributed by atoms with Crippen LogP contribution < -0.4 is 10.6 Å². The van der Waals surface area contributed by atoms with Crippen molar-refractivity contribution in [2.75, 3.05) is 59.0 Å². The van der Waals surface area contributed by atoms with Gasteiger partial charge in [-0.05, 0) is 24.6 Å². The third kappa shape index (κ3) is 5.33. The molecule has 0 bridgehead atoms. The van der Waals surface area contributed by atoms with Crippen LogP contribution in [-0.2, 0) is 14.3 Å². The van der Waals surface area contributed by atoms with Gasteiger partial charge in [-0.2, -0.15) is 0 Å². The van der Waals surface area contributed by atoms with Gasteiger partial charge >= 0.3 is 6.03 Å². The minimum absolute atomic E-state index is 0.107. The number of carbonyl (C=O) groups excluding carboxylic acids is 3. The van der Waals surface area contributed by atoms with Crippen molar-refractivity contribution in [2.45, 2.75) is 19.4 Å². The molecule has 0 radical (unpaired) electrons. The Morgan fingerprint density at radius 3 is 2.68 bits per heavy atom. The number of nitrogens with zero attached hydrogens (tertiary/aromatic N) is 3. The number of amides is 4. The largest absolute Gasteiger partial charge is 0.379 e. The average molecular weight is 510 g/mol. The molecule has 3 aliphatic rings. The normalized spacial score (nSPS) is 21.1. The molecule has 1 aromatic rings. The summed E-state index contributed by atoms with van der Waals surface area (Å²) in [6.07, 6.45) is 0.190. The van der Waals surface area contributed by atoms with Gasteiger partial charge in [0, 0.05) is 55.7 Å². The Hall–Kier alpha value is -2.33. The lowest BCUT2D eigenvalue weighted by Gasteiger charge is -2.33. The Kier molecular flexibility index (Phi) is 7.98. The number of morpholine rings is 1. The van der Waals surface area contributed by atoms with E-state index >= 15 is 0 Å². The summed E-state index contributed by atoms with van der Waals surface area (Å²) in [6, 6.07) is 4.04. The van der Waals surface area contributed by atoms with Gasteiger partial charge in [-0.3, -0.25) is 19.4 Å². The van der Waals surface area contributed by atoms with E-state index in [0.717, 1.165) is 32.8 Å². The van der Waals surface area contributed by atoms with Crippen LogP contribution in [0.1, 0.15) is 24.9 Å². The first-order chi connectivity index (χ1) is 16.4. The van der Waals surface area contributed by atoms with E-state index in [4.69, 9.17) is 27.9 Å². The standard InChI is InChI=1S/C23H29Cl2N5O4/c1-2-30-18-14-29(7-5-19(31)26-6-8-28-9-11-34-12-10-28)22(32)20(18)21(27-23(30)33)16-4-3-15(24)13-17(16)25/h3-4,13,21H,2,5-12,14H2,1H3,(H,26,31)(H,27,33). The first-order valence-electron chi connectivity index (χ1n) is 11.5. The van der Waals surface area contributed by atoms with Crippen molar-refractivity contribution >= 4 is 41.0 Å². The third-order valence-electron chi connectivity index (χ3n) is 6.35. The van der Waals surface area contributed by atoms with Crippen LogP contribution in [0.3, 0.4) is 0 Å². The molecule has 1 unspecified atom stereocenters. The second-order valence-corrected chi connectivity index (χ2v) is 9.28. The number of benzene rings is 1.